The van der Waals surface area contributed by atoms with Gasteiger partial charge in [0.1, 0.15) is 0 Å². The second-order valence-electron chi connectivity index (χ2n) is 2.50. The van der Waals surface area contributed by atoms with Crippen molar-refractivity contribution in [3.8, 4) is 18.2 Å². The first-order valence-corrected chi connectivity index (χ1v) is 3.54. The third-order valence-corrected chi connectivity index (χ3v) is 1.65. The molecule has 1 aromatic heterocycles. The topological polar surface area (TPSA) is 75.1 Å². The van der Waals surface area contributed by atoms with Crippen LogP contribution in [0.15, 0.2) is 9.59 Å². The minimum absolute atomic E-state index is 0.0672. The normalized spacial score (nSPS) is 9.54. The highest BCUT2D eigenvalue weighted by molar-refractivity contribution is 5.21. The molecule has 0 aliphatic carbocycles. The minimum atomic E-state index is -0.703. The summed E-state index contributed by atoms with van der Waals surface area (Å²) in [5, 5.41) is 9.34. The molecule has 1 rings (SSSR count). The Morgan fingerprint density at radius 2 is 2.23 bits per heavy atom. The second kappa shape index (κ2) is 3.19. The quantitative estimate of drug-likeness (QED) is 0.554. The van der Waals surface area contributed by atoms with Gasteiger partial charge in [0, 0.05) is 0 Å². The van der Waals surface area contributed by atoms with Crippen LogP contribution in [0.2, 0.25) is 0 Å². The van der Waals surface area contributed by atoms with Gasteiger partial charge in [0.2, 0.25) is 5.88 Å². The van der Waals surface area contributed by atoms with Crippen molar-refractivity contribution >= 4 is 0 Å². The summed E-state index contributed by atoms with van der Waals surface area (Å²) in [7, 11) is 0. The van der Waals surface area contributed by atoms with Crippen LogP contribution < -0.4 is 11.2 Å². The van der Waals surface area contributed by atoms with Gasteiger partial charge in [-0.1, -0.05) is 5.92 Å². The number of aromatic hydroxyl groups is 1. The molecule has 1 aromatic rings. The number of hydrogen-bond donors (Lipinski definition) is 2. The Kier molecular flexibility index (Phi) is 2.24. The smallest absolute Gasteiger partial charge is 0.332 e. The number of nitrogens with zero attached hydrogens (tertiary/aromatic N) is 1. The fourth-order valence-corrected chi connectivity index (χ4v) is 0.896. The maximum absolute atomic E-state index is 11.1. The van der Waals surface area contributed by atoms with Crippen LogP contribution in [0.4, 0.5) is 0 Å². The lowest BCUT2D eigenvalue weighted by Gasteiger charge is -2.04. The van der Waals surface area contributed by atoms with Gasteiger partial charge < -0.3 is 5.11 Å². The van der Waals surface area contributed by atoms with Crippen molar-refractivity contribution in [2.45, 2.75) is 13.5 Å². The lowest BCUT2D eigenvalue weighted by atomic mass is 10.3. The first kappa shape index (κ1) is 9.13. The predicted octanol–water partition coefficient (Wildman–Crippen LogP) is -0.816. The van der Waals surface area contributed by atoms with Crippen molar-refractivity contribution in [3.05, 3.63) is 26.4 Å². The Morgan fingerprint density at radius 1 is 1.62 bits per heavy atom. The lowest BCUT2D eigenvalue weighted by Crippen LogP contribution is -2.31. The van der Waals surface area contributed by atoms with Crippen LogP contribution in [0.1, 0.15) is 5.56 Å². The molecule has 1 heterocycles. The largest absolute Gasteiger partial charge is 0.494 e. The van der Waals surface area contributed by atoms with Gasteiger partial charge in [-0.3, -0.25) is 14.3 Å². The zero-order valence-electron chi connectivity index (χ0n) is 7.00. The van der Waals surface area contributed by atoms with Crippen LogP contribution in [0, 0.1) is 19.3 Å². The Morgan fingerprint density at radius 3 is 2.77 bits per heavy atom. The first-order chi connectivity index (χ1) is 6.07. The second-order valence-corrected chi connectivity index (χ2v) is 2.50. The highest BCUT2D eigenvalue weighted by Crippen LogP contribution is 2.06. The zero-order valence-corrected chi connectivity index (χ0v) is 7.00. The van der Waals surface area contributed by atoms with E-state index in [4.69, 9.17) is 6.42 Å². The molecule has 13 heavy (non-hydrogen) atoms. The molecule has 0 aromatic carbocycles. The molecule has 0 aliphatic heterocycles. The number of rotatable bonds is 1. The van der Waals surface area contributed by atoms with Crippen molar-refractivity contribution in [3.63, 3.8) is 0 Å². The Bertz CT molecular complexity index is 476. The Hall–Kier alpha value is -1.96. The number of nitrogens with one attached hydrogen (secondary N) is 1. The van der Waals surface area contributed by atoms with Crippen LogP contribution in [-0.2, 0) is 6.54 Å². The monoisotopic (exact) mass is 180 g/mol. The van der Waals surface area contributed by atoms with Gasteiger partial charge in [0.15, 0.2) is 0 Å². The summed E-state index contributed by atoms with van der Waals surface area (Å²) in [6, 6.07) is 0. The first-order valence-electron chi connectivity index (χ1n) is 3.54. The molecule has 5 heteroatoms. The molecule has 0 spiro atoms. The molecule has 2 N–H and O–H groups in total. The summed E-state index contributed by atoms with van der Waals surface area (Å²) in [6.45, 7) is 1.34. The van der Waals surface area contributed by atoms with Gasteiger partial charge in [-0.25, -0.2) is 4.79 Å². The van der Waals surface area contributed by atoms with E-state index in [0.29, 0.717) is 0 Å². The molecule has 0 unspecified atom stereocenters. The van der Waals surface area contributed by atoms with Gasteiger partial charge in [0.05, 0.1) is 12.1 Å². The lowest BCUT2D eigenvalue weighted by molar-refractivity contribution is 0.407. The zero-order chi connectivity index (χ0) is 10.0. The van der Waals surface area contributed by atoms with Crippen LogP contribution in [-0.4, -0.2) is 14.7 Å². The van der Waals surface area contributed by atoms with E-state index in [1.54, 1.807) is 0 Å². The van der Waals surface area contributed by atoms with Crippen molar-refractivity contribution in [1.29, 1.82) is 0 Å². The van der Waals surface area contributed by atoms with Gasteiger partial charge in [-0.05, 0) is 6.92 Å². The fourth-order valence-electron chi connectivity index (χ4n) is 0.896. The highest BCUT2D eigenvalue weighted by atomic mass is 16.3. The molecule has 0 atom stereocenters. The van der Waals surface area contributed by atoms with E-state index in [1.807, 2.05) is 4.98 Å². The fraction of sp³-hybridized carbons (Fsp3) is 0.250. The average Bonchev–Trinajstić information content (AvgIpc) is 2.09. The molecule has 0 saturated carbocycles. The summed E-state index contributed by atoms with van der Waals surface area (Å²) >= 11 is 0. The predicted molar refractivity (Wildman–Crippen MR) is 46.6 cm³/mol. The molecule has 0 saturated heterocycles. The highest BCUT2D eigenvalue weighted by Gasteiger charge is 2.08. The van der Waals surface area contributed by atoms with E-state index in [0.717, 1.165) is 4.57 Å². The maximum Gasteiger partial charge on any atom is 0.332 e. The molecule has 0 fully saturated rings. The van der Waals surface area contributed by atoms with Crippen LogP contribution in [0.5, 0.6) is 5.88 Å². The Labute approximate surface area is 73.7 Å². The van der Waals surface area contributed by atoms with Gasteiger partial charge in [0.25, 0.3) is 5.56 Å². The van der Waals surface area contributed by atoms with Crippen LogP contribution in [0.3, 0.4) is 0 Å². The van der Waals surface area contributed by atoms with Gasteiger partial charge in [-0.2, -0.15) is 0 Å². The van der Waals surface area contributed by atoms with E-state index >= 15 is 0 Å². The molecular formula is C8H8N2O3. The van der Waals surface area contributed by atoms with E-state index in [-0.39, 0.29) is 18.0 Å². The number of aromatic amines is 1. The van der Waals surface area contributed by atoms with Gasteiger partial charge in [-0.15, -0.1) is 6.42 Å². The molecule has 0 aliphatic rings. The molecule has 0 amide bonds. The van der Waals surface area contributed by atoms with Crippen molar-refractivity contribution < 1.29 is 5.11 Å². The average molecular weight is 180 g/mol. The van der Waals surface area contributed by atoms with E-state index in [2.05, 4.69) is 5.92 Å². The van der Waals surface area contributed by atoms with E-state index < -0.39 is 11.2 Å². The maximum atomic E-state index is 11.1. The number of hydrogen-bond acceptors (Lipinski definition) is 3. The standard InChI is InChI=1S/C8H8N2O3/c1-3-4-10-7(12)5(2)6(11)9-8(10)13/h1,12H,4H2,2H3,(H,9,11,13). The number of H-pyrrole nitrogens is 1. The van der Waals surface area contributed by atoms with Crippen molar-refractivity contribution in [1.82, 2.24) is 9.55 Å². The van der Waals surface area contributed by atoms with E-state index in [1.165, 1.54) is 6.92 Å². The molecule has 5 nitrogen and oxygen atoms in total. The third kappa shape index (κ3) is 1.47. The molecular weight excluding hydrogens is 172 g/mol. The molecule has 68 valence electrons. The number of terminal acetylenes is 1. The van der Waals surface area contributed by atoms with Crippen LogP contribution in [0.25, 0.3) is 0 Å². The summed E-state index contributed by atoms with van der Waals surface area (Å²) in [5.41, 5.74) is -1.23. The van der Waals surface area contributed by atoms with Crippen molar-refractivity contribution in [2.24, 2.45) is 0 Å². The molecule has 0 bridgehead atoms. The third-order valence-electron chi connectivity index (χ3n) is 1.65. The summed E-state index contributed by atoms with van der Waals surface area (Å²) < 4.78 is 0.913. The SMILES string of the molecule is C#CCn1c(O)c(C)c(=O)[nH]c1=O. The van der Waals surface area contributed by atoms with Crippen LogP contribution >= 0.6 is 0 Å². The summed E-state index contributed by atoms with van der Waals surface area (Å²) in [5.74, 6) is 1.81. The number of aromatic nitrogens is 2. The minimum Gasteiger partial charge on any atom is -0.494 e. The summed E-state index contributed by atoms with van der Waals surface area (Å²) in [4.78, 5) is 24.0. The molecule has 0 radical (unpaired) electrons. The summed E-state index contributed by atoms with van der Waals surface area (Å²) in [6.07, 6.45) is 4.97. The van der Waals surface area contributed by atoms with Crippen molar-refractivity contribution in [2.75, 3.05) is 0 Å². The van der Waals surface area contributed by atoms with E-state index in [9.17, 15) is 14.7 Å². The Balaban J connectivity index is 3.55. The van der Waals surface area contributed by atoms with Gasteiger partial charge >= 0.3 is 5.69 Å².